The quantitative estimate of drug-likeness (QED) is 0.731. The Kier molecular flexibility index (Phi) is 2.81. The molecule has 5 atom stereocenters. The van der Waals surface area contributed by atoms with Gasteiger partial charge in [0, 0.05) is 11.8 Å². The molecule has 3 fully saturated rings. The molecule has 116 valence electrons. The highest BCUT2D eigenvalue weighted by Crippen LogP contribution is 2.66. The fourth-order valence-corrected chi connectivity index (χ4v) is 6.49. The molecule has 0 aromatic carbocycles. The number of fused-ring (bicyclic) bond motifs is 5. The molecule has 2 nitrogen and oxygen atoms in total. The minimum Gasteiger partial charge on any atom is -0.389 e. The van der Waals surface area contributed by atoms with Crippen molar-refractivity contribution in [2.75, 3.05) is 0 Å². The number of hydrogen-bond donors (Lipinski definition) is 1. The van der Waals surface area contributed by atoms with E-state index in [9.17, 15) is 9.90 Å². The molecule has 1 unspecified atom stereocenters. The second kappa shape index (κ2) is 4.22. The highest BCUT2D eigenvalue weighted by molar-refractivity contribution is 5.91. The molecule has 0 heterocycles. The molecular weight excluding hydrogens is 260 g/mol. The van der Waals surface area contributed by atoms with Crippen LogP contribution in [0.15, 0.2) is 11.6 Å². The first kappa shape index (κ1) is 14.0. The van der Waals surface area contributed by atoms with E-state index in [4.69, 9.17) is 0 Å². The molecule has 0 saturated heterocycles. The van der Waals surface area contributed by atoms with Crippen LogP contribution in [-0.4, -0.2) is 16.5 Å². The molecule has 0 bridgehead atoms. The molecule has 4 rings (SSSR count). The van der Waals surface area contributed by atoms with Crippen molar-refractivity contribution < 1.29 is 9.90 Å². The zero-order valence-corrected chi connectivity index (χ0v) is 13.5. The predicted octanol–water partition coefficient (Wildman–Crippen LogP) is 4.02. The summed E-state index contributed by atoms with van der Waals surface area (Å²) in [6.45, 7) is 4.71. The first-order valence-corrected chi connectivity index (χ1v) is 8.85. The van der Waals surface area contributed by atoms with Gasteiger partial charge in [0.2, 0.25) is 0 Å². The van der Waals surface area contributed by atoms with E-state index in [1.807, 2.05) is 6.08 Å². The minimum atomic E-state index is -0.563. The van der Waals surface area contributed by atoms with Crippen molar-refractivity contribution in [1.29, 1.82) is 0 Å². The maximum absolute atomic E-state index is 11.8. The fraction of sp³-hybridized carbons (Fsp3) is 0.842. The van der Waals surface area contributed by atoms with Gasteiger partial charge in [-0.15, -0.1) is 0 Å². The van der Waals surface area contributed by atoms with E-state index in [2.05, 4.69) is 13.8 Å². The highest BCUT2D eigenvalue weighted by atomic mass is 16.3. The van der Waals surface area contributed by atoms with Crippen molar-refractivity contribution >= 4 is 5.78 Å². The third kappa shape index (κ3) is 1.66. The van der Waals surface area contributed by atoms with Gasteiger partial charge in [0.15, 0.2) is 5.78 Å². The lowest BCUT2D eigenvalue weighted by molar-refractivity contribution is -0.187. The molecule has 4 aliphatic carbocycles. The van der Waals surface area contributed by atoms with Crippen LogP contribution < -0.4 is 0 Å². The monoisotopic (exact) mass is 288 g/mol. The number of ketones is 1. The van der Waals surface area contributed by atoms with E-state index in [0.29, 0.717) is 23.7 Å². The summed E-state index contributed by atoms with van der Waals surface area (Å²) in [4.78, 5) is 11.8. The van der Waals surface area contributed by atoms with Crippen LogP contribution in [0.5, 0.6) is 0 Å². The summed E-state index contributed by atoms with van der Waals surface area (Å²) >= 11 is 0. The van der Waals surface area contributed by atoms with Crippen LogP contribution in [0.2, 0.25) is 0 Å². The Morgan fingerprint density at radius 2 is 1.86 bits per heavy atom. The molecule has 21 heavy (non-hydrogen) atoms. The van der Waals surface area contributed by atoms with E-state index >= 15 is 0 Å². The average molecular weight is 288 g/mol. The molecule has 0 radical (unpaired) electrons. The molecule has 0 spiro atoms. The molecule has 1 N–H and O–H groups in total. The van der Waals surface area contributed by atoms with Gasteiger partial charge in [0.1, 0.15) is 0 Å². The number of carbonyl (C=O) groups excluding carboxylic acids is 1. The van der Waals surface area contributed by atoms with E-state index < -0.39 is 5.60 Å². The maximum Gasteiger partial charge on any atom is 0.155 e. The minimum absolute atomic E-state index is 0.145. The van der Waals surface area contributed by atoms with Gasteiger partial charge in [0.25, 0.3) is 0 Å². The van der Waals surface area contributed by atoms with Crippen LogP contribution in [0.3, 0.4) is 0 Å². The van der Waals surface area contributed by atoms with Gasteiger partial charge in [-0.3, -0.25) is 4.79 Å². The smallest absolute Gasteiger partial charge is 0.155 e. The standard InChI is InChI=1S/C19H28O2/c1-17-8-3-4-15(17)16-6-5-13-12-14(20)7-9-18(13,2)19(16,21)11-10-17/h12,15-16,21H,3-11H2,1-2H3/t15-,16-,17-,18-,19?/m0/s1. The summed E-state index contributed by atoms with van der Waals surface area (Å²) in [6.07, 6.45) is 11.6. The van der Waals surface area contributed by atoms with Gasteiger partial charge >= 0.3 is 0 Å². The van der Waals surface area contributed by atoms with Gasteiger partial charge < -0.3 is 5.11 Å². The Balaban J connectivity index is 1.77. The van der Waals surface area contributed by atoms with Crippen LogP contribution in [0, 0.1) is 22.7 Å². The lowest BCUT2D eigenvalue weighted by atomic mass is 9.45. The predicted molar refractivity (Wildman–Crippen MR) is 82.8 cm³/mol. The number of hydrogen-bond acceptors (Lipinski definition) is 2. The van der Waals surface area contributed by atoms with Gasteiger partial charge in [-0.25, -0.2) is 0 Å². The van der Waals surface area contributed by atoms with Crippen LogP contribution in [-0.2, 0) is 4.79 Å². The largest absolute Gasteiger partial charge is 0.389 e. The summed E-state index contributed by atoms with van der Waals surface area (Å²) in [5, 5.41) is 11.7. The number of rotatable bonds is 0. The molecule has 3 saturated carbocycles. The fourth-order valence-electron chi connectivity index (χ4n) is 6.49. The van der Waals surface area contributed by atoms with Crippen molar-refractivity contribution in [3.05, 3.63) is 11.6 Å². The summed E-state index contributed by atoms with van der Waals surface area (Å²) in [7, 11) is 0. The Hall–Kier alpha value is -0.630. The van der Waals surface area contributed by atoms with Gasteiger partial charge in [-0.2, -0.15) is 0 Å². The van der Waals surface area contributed by atoms with Crippen LogP contribution >= 0.6 is 0 Å². The second-order valence-corrected chi connectivity index (χ2v) is 8.69. The Labute approximate surface area is 128 Å². The summed E-state index contributed by atoms with van der Waals surface area (Å²) < 4.78 is 0. The van der Waals surface area contributed by atoms with Crippen molar-refractivity contribution in [3.63, 3.8) is 0 Å². The molecule has 0 aromatic heterocycles. The van der Waals surface area contributed by atoms with Crippen LogP contribution in [0.4, 0.5) is 0 Å². The molecule has 0 aromatic rings. The topological polar surface area (TPSA) is 37.3 Å². The van der Waals surface area contributed by atoms with E-state index in [1.165, 1.54) is 31.3 Å². The summed E-state index contributed by atoms with van der Waals surface area (Å²) in [5.74, 6) is 1.42. The first-order chi connectivity index (χ1) is 9.89. The number of aliphatic hydroxyl groups is 1. The molecule has 4 aliphatic rings. The molecule has 2 heteroatoms. The van der Waals surface area contributed by atoms with Crippen LogP contribution in [0.25, 0.3) is 0 Å². The Morgan fingerprint density at radius 1 is 1.05 bits per heavy atom. The SMILES string of the molecule is C[C@@]12CCC[C@H]1[C@@H]1CCC3=CC(=O)CC[C@]3(C)C1(O)CC2. The van der Waals surface area contributed by atoms with Gasteiger partial charge in [0.05, 0.1) is 5.60 Å². The van der Waals surface area contributed by atoms with Gasteiger partial charge in [-0.1, -0.05) is 25.8 Å². The lowest BCUT2D eigenvalue weighted by Crippen LogP contribution is -2.62. The van der Waals surface area contributed by atoms with Crippen molar-refractivity contribution in [3.8, 4) is 0 Å². The zero-order valence-electron chi connectivity index (χ0n) is 13.5. The van der Waals surface area contributed by atoms with Crippen LogP contribution in [0.1, 0.15) is 71.6 Å². The first-order valence-electron chi connectivity index (χ1n) is 8.85. The second-order valence-electron chi connectivity index (χ2n) is 8.69. The molecule has 0 amide bonds. The Bertz CT molecular complexity index is 522. The molecule has 0 aliphatic heterocycles. The Morgan fingerprint density at radius 3 is 2.67 bits per heavy atom. The van der Waals surface area contributed by atoms with E-state index in [0.717, 1.165) is 25.7 Å². The van der Waals surface area contributed by atoms with E-state index in [1.54, 1.807) is 0 Å². The summed E-state index contributed by atoms with van der Waals surface area (Å²) in [6, 6.07) is 0. The number of carbonyl (C=O) groups is 1. The van der Waals surface area contributed by atoms with Gasteiger partial charge in [-0.05, 0) is 68.3 Å². The van der Waals surface area contributed by atoms with Crippen molar-refractivity contribution in [2.24, 2.45) is 22.7 Å². The highest BCUT2D eigenvalue weighted by Gasteiger charge is 2.63. The summed E-state index contributed by atoms with van der Waals surface area (Å²) in [5.41, 5.74) is 1.01. The molecular formula is C19H28O2. The average Bonchev–Trinajstić information content (AvgIpc) is 2.83. The third-order valence-corrected chi connectivity index (χ3v) is 7.93. The zero-order chi connectivity index (χ0) is 14.9. The van der Waals surface area contributed by atoms with Crippen molar-refractivity contribution in [1.82, 2.24) is 0 Å². The lowest BCUT2D eigenvalue weighted by Gasteiger charge is -2.62. The van der Waals surface area contributed by atoms with Crippen molar-refractivity contribution in [2.45, 2.75) is 77.2 Å². The van der Waals surface area contributed by atoms with E-state index in [-0.39, 0.29) is 11.2 Å². The normalized spacial score (nSPS) is 52.7. The maximum atomic E-state index is 11.8. The third-order valence-electron chi connectivity index (χ3n) is 7.93.